The van der Waals surface area contributed by atoms with Crippen molar-refractivity contribution in [1.82, 2.24) is 0 Å². The Labute approximate surface area is 58.0 Å². The molecule has 52 valence electrons. The van der Waals surface area contributed by atoms with Gasteiger partial charge in [-0.3, -0.25) is 0 Å². The van der Waals surface area contributed by atoms with E-state index in [0.29, 0.717) is 5.41 Å². The van der Waals surface area contributed by atoms with Gasteiger partial charge in [0.1, 0.15) is 0 Å². The molecule has 1 rings (SSSR count). The van der Waals surface area contributed by atoms with E-state index in [4.69, 9.17) is 0 Å². The molecule has 0 bridgehead atoms. The Balaban J connectivity index is 2.24. The third-order valence-corrected chi connectivity index (χ3v) is 2.41. The maximum absolute atomic E-state index is 2.39. The first-order chi connectivity index (χ1) is 4.27. The Bertz CT molecular complexity index is 107. The van der Waals surface area contributed by atoms with E-state index in [1.54, 1.807) is 0 Å². The molecule has 1 aliphatic rings. The van der Waals surface area contributed by atoms with Gasteiger partial charge in [-0.05, 0) is 31.6 Å². The van der Waals surface area contributed by atoms with E-state index in [1.165, 1.54) is 25.7 Å². The van der Waals surface area contributed by atoms with Crippen molar-refractivity contribution in [1.29, 1.82) is 0 Å². The zero-order valence-corrected chi connectivity index (χ0v) is 6.48. The van der Waals surface area contributed by atoms with Gasteiger partial charge in [0.25, 0.3) is 0 Å². The monoisotopic (exact) mass is 124 g/mol. The van der Waals surface area contributed by atoms with Gasteiger partial charge in [0.2, 0.25) is 0 Å². The summed E-state index contributed by atoms with van der Waals surface area (Å²) < 4.78 is 0. The van der Waals surface area contributed by atoms with Crippen LogP contribution in [0.4, 0.5) is 0 Å². The second kappa shape index (κ2) is 2.55. The van der Waals surface area contributed by atoms with Gasteiger partial charge in [0.15, 0.2) is 0 Å². The van der Waals surface area contributed by atoms with Crippen molar-refractivity contribution in [3.63, 3.8) is 0 Å². The van der Waals surface area contributed by atoms with Gasteiger partial charge in [-0.25, -0.2) is 0 Å². The summed E-state index contributed by atoms with van der Waals surface area (Å²) >= 11 is 0. The SMILES string of the molecule is CC=CCC1(C)CCC1. The van der Waals surface area contributed by atoms with E-state index in [9.17, 15) is 0 Å². The highest BCUT2D eigenvalue weighted by Gasteiger charge is 2.29. The second-order valence-electron chi connectivity index (χ2n) is 3.44. The lowest BCUT2D eigenvalue weighted by atomic mass is 9.68. The summed E-state index contributed by atoms with van der Waals surface area (Å²) in [5, 5.41) is 0. The van der Waals surface area contributed by atoms with Crippen LogP contribution < -0.4 is 0 Å². The summed E-state index contributed by atoms with van der Waals surface area (Å²) in [7, 11) is 0. The number of hydrogen-bond donors (Lipinski definition) is 0. The Morgan fingerprint density at radius 1 is 1.44 bits per heavy atom. The molecule has 0 radical (unpaired) electrons. The normalized spacial score (nSPS) is 24.2. The molecule has 1 saturated carbocycles. The molecular formula is C9H16. The van der Waals surface area contributed by atoms with Crippen molar-refractivity contribution < 1.29 is 0 Å². The van der Waals surface area contributed by atoms with Gasteiger partial charge in [0, 0.05) is 0 Å². The molecule has 9 heavy (non-hydrogen) atoms. The van der Waals surface area contributed by atoms with Gasteiger partial charge in [-0.1, -0.05) is 25.5 Å². The molecule has 0 aromatic carbocycles. The minimum atomic E-state index is 0.687. The number of hydrogen-bond acceptors (Lipinski definition) is 0. The summed E-state index contributed by atoms with van der Waals surface area (Å²) in [4.78, 5) is 0. The minimum Gasteiger partial charge on any atom is -0.0916 e. The standard InChI is InChI=1S/C9H16/c1-3-4-6-9(2)7-5-8-9/h3-4H,5-8H2,1-2H3. The van der Waals surface area contributed by atoms with Gasteiger partial charge >= 0.3 is 0 Å². The van der Waals surface area contributed by atoms with E-state index in [0.717, 1.165) is 0 Å². The van der Waals surface area contributed by atoms with Crippen molar-refractivity contribution in [3.05, 3.63) is 12.2 Å². The quantitative estimate of drug-likeness (QED) is 0.496. The van der Waals surface area contributed by atoms with Gasteiger partial charge in [-0.2, -0.15) is 0 Å². The van der Waals surface area contributed by atoms with Crippen molar-refractivity contribution >= 4 is 0 Å². The average Bonchev–Trinajstić information content (AvgIpc) is 1.79. The Morgan fingerprint density at radius 2 is 2.11 bits per heavy atom. The van der Waals surface area contributed by atoms with Gasteiger partial charge in [-0.15, -0.1) is 0 Å². The Morgan fingerprint density at radius 3 is 2.44 bits per heavy atom. The van der Waals surface area contributed by atoms with Gasteiger partial charge in [0.05, 0.1) is 0 Å². The van der Waals surface area contributed by atoms with Crippen molar-refractivity contribution in [2.75, 3.05) is 0 Å². The van der Waals surface area contributed by atoms with Crippen LogP contribution in [0.2, 0.25) is 0 Å². The zero-order chi connectivity index (χ0) is 6.74. The van der Waals surface area contributed by atoms with Crippen LogP contribution in [0.1, 0.15) is 39.5 Å². The molecule has 0 atom stereocenters. The molecule has 0 aromatic heterocycles. The fraction of sp³-hybridized carbons (Fsp3) is 0.778. The maximum Gasteiger partial charge on any atom is -0.0291 e. The molecular weight excluding hydrogens is 108 g/mol. The Hall–Kier alpha value is -0.260. The molecule has 0 saturated heterocycles. The van der Waals surface area contributed by atoms with Crippen LogP contribution in [0.15, 0.2) is 12.2 Å². The second-order valence-corrected chi connectivity index (χ2v) is 3.44. The molecule has 0 N–H and O–H groups in total. The molecule has 0 heteroatoms. The summed E-state index contributed by atoms with van der Waals surface area (Å²) in [5.41, 5.74) is 0.687. The highest BCUT2D eigenvalue weighted by Crippen LogP contribution is 2.43. The fourth-order valence-electron chi connectivity index (χ4n) is 1.39. The summed E-state index contributed by atoms with van der Waals surface area (Å²) in [6.07, 6.45) is 10.1. The minimum absolute atomic E-state index is 0.687. The Kier molecular flexibility index (Phi) is 1.94. The van der Waals surface area contributed by atoms with Crippen molar-refractivity contribution in [2.24, 2.45) is 5.41 Å². The first kappa shape index (κ1) is 6.85. The average molecular weight is 124 g/mol. The first-order valence-corrected chi connectivity index (χ1v) is 3.88. The summed E-state index contributed by atoms with van der Waals surface area (Å²) in [6.45, 7) is 4.48. The van der Waals surface area contributed by atoms with E-state index in [2.05, 4.69) is 26.0 Å². The number of rotatable bonds is 2. The van der Waals surface area contributed by atoms with E-state index in [1.807, 2.05) is 0 Å². The van der Waals surface area contributed by atoms with Crippen LogP contribution >= 0.6 is 0 Å². The predicted octanol–water partition coefficient (Wildman–Crippen LogP) is 3.14. The maximum atomic E-state index is 2.39. The third kappa shape index (κ3) is 1.57. The molecule has 0 amide bonds. The predicted molar refractivity (Wildman–Crippen MR) is 41.4 cm³/mol. The van der Waals surface area contributed by atoms with Crippen molar-refractivity contribution in [3.8, 4) is 0 Å². The molecule has 1 aliphatic carbocycles. The largest absolute Gasteiger partial charge is 0.0916 e. The molecule has 0 spiro atoms. The van der Waals surface area contributed by atoms with Crippen LogP contribution in [-0.4, -0.2) is 0 Å². The fourth-order valence-corrected chi connectivity index (χ4v) is 1.39. The van der Waals surface area contributed by atoms with Crippen molar-refractivity contribution in [2.45, 2.75) is 39.5 Å². The lowest BCUT2D eigenvalue weighted by Crippen LogP contribution is -2.24. The van der Waals surface area contributed by atoms with Gasteiger partial charge < -0.3 is 0 Å². The molecule has 0 unspecified atom stereocenters. The highest BCUT2D eigenvalue weighted by molar-refractivity contribution is 4.91. The molecule has 0 aliphatic heterocycles. The zero-order valence-electron chi connectivity index (χ0n) is 6.48. The van der Waals surface area contributed by atoms with Crippen LogP contribution in [0.25, 0.3) is 0 Å². The van der Waals surface area contributed by atoms with E-state index >= 15 is 0 Å². The molecule has 0 aromatic rings. The van der Waals surface area contributed by atoms with Crippen LogP contribution in [0.3, 0.4) is 0 Å². The van der Waals surface area contributed by atoms with Crippen LogP contribution in [-0.2, 0) is 0 Å². The first-order valence-electron chi connectivity index (χ1n) is 3.88. The smallest absolute Gasteiger partial charge is 0.0291 e. The molecule has 0 heterocycles. The number of allylic oxidation sites excluding steroid dienone is 2. The highest BCUT2D eigenvalue weighted by atomic mass is 14.3. The molecule has 1 fully saturated rings. The lowest BCUT2D eigenvalue weighted by molar-refractivity contribution is 0.165. The third-order valence-electron chi connectivity index (χ3n) is 2.41. The summed E-state index contributed by atoms with van der Waals surface area (Å²) in [5.74, 6) is 0. The topological polar surface area (TPSA) is 0 Å². The van der Waals surface area contributed by atoms with Crippen LogP contribution in [0.5, 0.6) is 0 Å². The summed E-state index contributed by atoms with van der Waals surface area (Å²) in [6, 6.07) is 0. The molecule has 0 nitrogen and oxygen atoms in total. The van der Waals surface area contributed by atoms with Crippen LogP contribution in [0, 0.1) is 5.41 Å². The van der Waals surface area contributed by atoms with E-state index in [-0.39, 0.29) is 0 Å². The lowest BCUT2D eigenvalue weighted by Gasteiger charge is -2.37. The van der Waals surface area contributed by atoms with E-state index < -0.39 is 0 Å².